The third-order valence-corrected chi connectivity index (χ3v) is 2.59. The maximum Gasteiger partial charge on any atom is 0.339 e. The van der Waals surface area contributed by atoms with Gasteiger partial charge in [0.1, 0.15) is 17.7 Å². The van der Waals surface area contributed by atoms with Gasteiger partial charge >= 0.3 is 5.97 Å². The molecule has 2 rings (SSSR count). The topological polar surface area (TPSA) is 92.9 Å². The Labute approximate surface area is 104 Å². The van der Waals surface area contributed by atoms with E-state index in [2.05, 4.69) is 20.5 Å². The van der Waals surface area contributed by atoms with Crippen molar-refractivity contribution in [3.05, 3.63) is 35.5 Å². The van der Waals surface area contributed by atoms with Crippen molar-refractivity contribution in [2.75, 3.05) is 5.32 Å². The van der Waals surface area contributed by atoms with E-state index in [9.17, 15) is 4.79 Å². The summed E-state index contributed by atoms with van der Waals surface area (Å²) in [5.74, 6) is 0.0428. The predicted octanol–water partition coefficient (Wildman–Crippen LogP) is 0.829. The lowest BCUT2D eigenvalue weighted by Crippen LogP contribution is -2.12. The van der Waals surface area contributed by atoms with E-state index in [1.165, 1.54) is 0 Å². The molecular formula is C11H13N5O2. The first kappa shape index (κ1) is 12.0. The minimum absolute atomic E-state index is 0.180. The lowest BCUT2D eigenvalue weighted by atomic mass is 10.1. The number of carboxylic acid groups (broad SMARTS) is 1. The molecule has 2 N–H and O–H groups in total. The number of hydrogen-bond acceptors (Lipinski definition) is 5. The third-order valence-electron chi connectivity index (χ3n) is 2.59. The fourth-order valence-corrected chi connectivity index (χ4v) is 1.59. The quantitative estimate of drug-likeness (QED) is 0.831. The predicted molar refractivity (Wildman–Crippen MR) is 64.3 cm³/mol. The molecule has 0 aromatic carbocycles. The molecule has 0 atom stereocenters. The van der Waals surface area contributed by atoms with Gasteiger partial charge in [0.2, 0.25) is 0 Å². The number of nitrogens with zero attached hydrogens (tertiary/aromatic N) is 4. The second-order valence-electron chi connectivity index (χ2n) is 3.87. The van der Waals surface area contributed by atoms with E-state index < -0.39 is 5.97 Å². The highest BCUT2D eigenvalue weighted by Gasteiger charge is 2.14. The number of anilines is 1. The highest BCUT2D eigenvalue weighted by atomic mass is 16.4. The molecular weight excluding hydrogens is 234 g/mol. The Morgan fingerprint density at radius 3 is 2.94 bits per heavy atom. The average Bonchev–Trinajstić information content (AvgIpc) is 2.71. The second kappa shape index (κ2) is 4.82. The molecule has 7 nitrogen and oxygen atoms in total. The third kappa shape index (κ3) is 2.29. The molecule has 0 saturated heterocycles. The number of nitrogens with one attached hydrogen (secondary N) is 1. The maximum absolute atomic E-state index is 11.2. The van der Waals surface area contributed by atoms with Crippen molar-refractivity contribution < 1.29 is 9.90 Å². The van der Waals surface area contributed by atoms with Crippen LogP contribution in [0.2, 0.25) is 0 Å². The number of aromatic carboxylic acids is 1. The molecule has 0 aliphatic heterocycles. The van der Waals surface area contributed by atoms with Crippen molar-refractivity contribution in [3.63, 3.8) is 0 Å². The van der Waals surface area contributed by atoms with Gasteiger partial charge in [0, 0.05) is 13.2 Å². The van der Waals surface area contributed by atoms with Gasteiger partial charge in [0.15, 0.2) is 5.82 Å². The van der Waals surface area contributed by atoms with Crippen molar-refractivity contribution in [1.29, 1.82) is 0 Å². The van der Waals surface area contributed by atoms with E-state index in [4.69, 9.17) is 5.11 Å². The van der Waals surface area contributed by atoms with Crippen molar-refractivity contribution in [2.45, 2.75) is 13.5 Å². The fourth-order valence-electron chi connectivity index (χ4n) is 1.59. The summed E-state index contributed by atoms with van der Waals surface area (Å²) >= 11 is 0. The Hall–Kier alpha value is -2.44. The Kier molecular flexibility index (Phi) is 3.22. The van der Waals surface area contributed by atoms with Crippen LogP contribution in [0, 0.1) is 6.92 Å². The summed E-state index contributed by atoms with van der Waals surface area (Å²) in [6.45, 7) is 2.10. The summed E-state index contributed by atoms with van der Waals surface area (Å²) in [4.78, 5) is 15.2. The highest BCUT2D eigenvalue weighted by Crippen LogP contribution is 2.16. The first-order valence-electron chi connectivity index (χ1n) is 5.35. The standard InChI is InChI=1S/C11H13N5O2/c1-7-3-4-12-10(9(7)11(17)18)13-5-8-15-14-6-16(8)2/h3-4,6H,5H2,1-2H3,(H,12,13)(H,17,18). The van der Waals surface area contributed by atoms with Crippen LogP contribution in [-0.2, 0) is 13.6 Å². The zero-order valence-electron chi connectivity index (χ0n) is 10.1. The summed E-state index contributed by atoms with van der Waals surface area (Å²) in [7, 11) is 1.82. The number of carbonyl (C=O) groups is 1. The van der Waals surface area contributed by atoms with Gasteiger partial charge in [-0.25, -0.2) is 9.78 Å². The van der Waals surface area contributed by atoms with Gasteiger partial charge in [0.05, 0.1) is 6.54 Å². The fraction of sp³-hybridized carbons (Fsp3) is 0.273. The minimum Gasteiger partial charge on any atom is -0.478 e. The van der Waals surface area contributed by atoms with Gasteiger partial charge in [-0.15, -0.1) is 10.2 Å². The van der Waals surface area contributed by atoms with Gasteiger partial charge in [-0.1, -0.05) is 0 Å². The van der Waals surface area contributed by atoms with E-state index in [0.29, 0.717) is 23.8 Å². The van der Waals surface area contributed by atoms with Crippen molar-refractivity contribution >= 4 is 11.8 Å². The molecule has 0 aliphatic rings. The van der Waals surface area contributed by atoms with Gasteiger partial charge in [-0.2, -0.15) is 0 Å². The Morgan fingerprint density at radius 1 is 1.56 bits per heavy atom. The largest absolute Gasteiger partial charge is 0.478 e. The Morgan fingerprint density at radius 2 is 2.33 bits per heavy atom. The van der Waals surface area contributed by atoms with Gasteiger partial charge in [-0.3, -0.25) is 0 Å². The van der Waals surface area contributed by atoms with Gasteiger partial charge in [-0.05, 0) is 18.6 Å². The van der Waals surface area contributed by atoms with E-state index in [1.54, 1.807) is 30.1 Å². The SMILES string of the molecule is Cc1ccnc(NCc2nncn2C)c1C(=O)O. The molecule has 2 aromatic rings. The van der Waals surface area contributed by atoms with Crippen LogP contribution in [0.3, 0.4) is 0 Å². The second-order valence-corrected chi connectivity index (χ2v) is 3.87. The molecule has 18 heavy (non-hydrogen) atoms. The summed E-state index contributed by atoms with van der Waals surface area (Å²) in [6.07, 6.45) is 3.15. The lowest BCUT2D eigenvalue weighted by molar-refractivity contribution is 0.0697. The van der Waals surface area contributed by atoms with Crippen LogP contribution in [-0.4, -0.2) is 30.8 Å². The molecule has 2 aromatic heterocycles. The van der Waals surface area contributed by atoms with E-state index in [0.717, 1.165) is 0 Å². The lowest BCUT2D eigenvalue weighted by Gasteiger charge is -2.09. The Balaban J connectivity index is 2.22. The first-order valence-corrected chi connectivity index (χ1v) is 5.35. The van der Waals surface area contributed by atoms with Crippen LogP contribution in [0.25, 0.3) is 0 Å². The molecule has 0 radical (unpaired) electrons. The summed E-state index contributed by atoms with van der Waals surface area (Å²) in [5.41, 5.74) is 0.845. The molecule has 0 aliphatic carbocycles. The smallest absolute Gasteiger partial charge is 0.339 e. The molecule has 0 bridgehead atoms. The van der Waals surface area contributed by atoms with E-state index >= 15 is 0 Å². The molecule has 7 heteroatoms. The number of aromatic nitrogens is 4. The number of carboxylic acids is 1. The monoisotopic (exact) mass is 247 g/mol. The van der Waals surface area contributed by atoms with Crippen molar-refractivity contribution in [3.8, 4) is 0 Å². The zero-order chi connectivity index (χ0) is 13.1. The number of aryl methyl sites for hydroxylation is 2. The van der Waals surface area contributed by atoms with Crippen LogP contribution >= 0.6 is 0 Å². The molecule has 2 heterocycles. The molecule has 0 amide bonds. The molecule has 0 spiro atoms. The van der Waals surface area contributed by atoms with Gasteiger partial charge < -0.3 is 15.0 Å². The number of rotatable bonds is 4. The van der Waals surface area contributed by atoms with Crippen molar-refractivity contribution in [2.24, 2.45) is 7.05 Å². The summed E-state index contributed by atoms with van der Waals surface area (Å²) < 4.78 is 1.75. The van der Waals surface area contributed by atoms with Crippen LogP contribution < -0.4 is 5.32 Å². The summed E-state index contributed by atoms with van der Waals surface area (Å²) in [5, 5.41) is 19.8. The molecule has 0 fully saturated rings. The van der Waals surface area contributed by atoms with Crippen LogP contribution in [0.1, 0.15) is 21.7 Å². The van der Waals surface area contributed by atoms with Crippen LogP contribution in [0.15, 0.2) is 18.6 Å². The number of pyridine rings is 1. The van der Waals surface area contributed by atoms with Crippen LogP contribution in [0.4, 0.5) is 5.82 Å². The van der Waals surface area contributed by atoms with Crippen LogP contribution in [0.5, 0.6) is 0 Å². The molecule has 94 valence electrons. The minimum atomic E-state index is -0.999. The van der Waals surface area contributed by atoms with Crippen molar-refractivity contribution in [1.82, 2.24) is 19.7 Å². The number of hydrogen-bond donors (Lipinski definition) is 2. The van der Waals surface area contributed by atoms with E-state index in [1.807, 2.05) is 7.05 Å². The summed E-state index contributed by atoms with van der Waals surface area (Å²) in [6, 6.07) is 1.66. The van der Waals surface area contributed by atoms with E-state index in [-0.39, 0.29) is 5.56 Å². The highest BCUT2D eigenvalue weighted by molar-refractivity contribution is 5.94. The Bertz CT molecular complexity index is 579. The maximum atomic E-state index is 11.2. The molecule has 0 saturated carbocycles. The normalized spacial score (nSPS) is 10.3. The average molecular weight is 247 g/mol. The zero-order valence-corrected chi connectivity index (χ0v) is 10.1. The first-order chi connectivity index (χ1) is 8.59. The molecule has 0 unspecified atom stereocenters. The van der Waals surface area contributed by atoms with Gasteiger partial charge in [0.25, 0.3) is 0 Å².